The van der Waals surface area contributed by atoms with Crippen LogP contribution in [0.15, 0.2) is 42.7 Å². The Hall–Kier alpha value is -3.71. The minimum Gasteiger partial charge on any atom is -0.336 e. The lowest BCUT2D eigenvalue weighted by Crippen LogP contribution is -2.49. The Morgan fingerprint density at radius 3 is 2.64 bits per heavy atom. The molecule has 1 aliphatic heterocycles. The summed E-state index contributed by atoms with van der Waals surface area (Å²) >= 11 is 0. The van der Waals surface area contributed by atoms with Gasteiger partial charge in [0.05, 0.1) is 11.9 Å². The Kier molecular flexibility index (Phi) is 8.70. The number of hydrogen-bond acceptors (Lipinski definition) is 8. The molecule has 10 nitrogen and oxygen atoms in total. The highest BCUT2D eigenvalue weighted by Crippen LogP contribution is 2.22. The first-order valence-corrected chi connectivity index (χ1v) is 14.5. The lowest BCUT2D eigenvalue weighted by atomic mass is 9.97. The molecule has 0 aliphatic carbocycles. The van der Waals surface area contributed by atoms with Crippen molar-refractivity contribution in [3.05, 3.63) is 71.2 Å². The van der Waals surface area contributed by atoms with Gasteiger partial charge in [-0.05, 0) is 56.0 Å². The molecule has 39 heavy (non-hydrogen) atoms. The van der Waals surface area contributed by atoms with Crippen LogP contribution < -0.4 is 15.4 Å². The molecule has 0 saturated carbocycles. The number of aromatic nitrogens is 3. The van der Waals surface area contributed by atoms with Crippen molar-refractivity contribution in [3.8, 4) is 0 Å². The van der Waals surface area contributed by atoms with Crippen LogP contribution in [0.3, 0.4) is 0 Å². The molecule has 0 unspecified atom stereocenters. The molecule has 2 aromatic heterocycles. The first kappa shape index (κ1) is 28.3. The maximum absolute atomic E-state index is 13.6. The molecule has 1 aliphatic rings. The molecule has 1 amide bonds. The van der Waals surface area contributed by atoms with Crippen LogP contribution in [0, 0.1) is 11.6 Å². The third kappa shape index (κ3) is 7.45. The van der Waals surface area contributed by atoms with E-state index in [1.807, 2.05) is 13.8 Å². The van der Waals surface area contributed by atoms with Crippen molar-refractivity contribution in [3.63, 3.8) is 0 Å². The molecular formula is C26H31F2N7O3S. The fourth-order valence-corrected chi connectivity index (χ4v) is 5.02. The van der Waals surface area contributed by atoms with Crippen molar-refractivity contribution in [2.24, 2.45) is 0 Å². The van der Waals surface area contributed by atoms with E-state index in [-0.39, 0.29) is 29.8 Å². The van der Waals surface area contributed by atoms with E-state index < -0.39 is 21.7 Å². The number of nitrogens with zero attached hydrogens (tertiary/aromatic N) is 4. The van der Waals surface area contributed by atoms with Gasteiger partial charge < -0.3 is 15.5 Å². The lowest BCUT2D eigenvalue weighted by molar-refractivity contribution is 0.0601. The molecule has 0 bridgehead atoms. The highest BCUT2D eigenvalue weighted by molar-refractivity contribution is 7.92. The van der Waals surface area contributed by atoms with E-state index in [2.05, 4.69) is 30.3 Å². The van der Waals surface area contributed by atoms with Gasteiger partial charge in [-0.3, -0.25) is 9.52 Å². The van der Waals surface area contributed by atoms with Gasteiger partial charge in [-0.1, -0.05) is 6.92 Å². The van der Waals surface area contributed by atoms with Gasteiger partial charge in [-0.25, -0.2) is 32.2 Å². The summed E-state index contributed by atoms with van der Waals surface area (Å²) in [6.07, 6.45) is 6.33. The quantitative estimate of drug-likeness (QED) is 0.363. The number of carbonyl (C=O) groups excluding carboxylic acids is 1. The van der Waals surface area contributed by atoms with Gasteiger partial charge in [0.25, 0.3) is 5.91 Å². The molecule has 1 aromatic carbocycles. The highest BCUT2D eigenvalue weighted by Gasteiger charge is 2.29. The van der Waals surface area contributed by atoms with Crippen molar-refractivity contribution in [1.29, 1.82) is 0 Å². The number of carbonyl (C=O) groups is 1. The minimum atomic E-state index is -3.51. The zero-order valence-corrected chi connectivity index (χ0v) is 22.7. The third-order valence-corrected chi connectivity index (χ3v) is 7.08. The number of pyridine rings is 1. The Balaban J connectivity index is 1.37. The number of aryl methyl sites for hydroxylation is 1. The summed E-state index contributed by atoms with van der Waals surface area (Å²) in [5, 5.41) is 6.45. The standard InChI is InChI=1S/C26H31F2N7O3S/c1-4-17-14-31-26(32-20-5-6-21(27)22(28)13-20)33-23(17)15-30-19-8-10-35(16(2)11-19)25(36)18-7-9-29-24(12-18)34-39(3,37)38/h5-7,9,12-14,16,19,30H,4,8,10-11,15H2,1-3H3,(H,29,34)(H,31,32,33)/t16-,19-/m1/s1. The molecule has 1 saturated heterocycles. The molecule has 3 heterocycles. The van der Waals surface area contributed by atoms with Crippen LogP contribution in [0.5, 0.6) is 0 Å². The van der Waals surface area contributed by atoms with Gasteiger partial charge in [-0.2, -0.15) is 0 Å². The van der Waals surface area contributed by atoms with Gasteiger partial charge in [0, 0.05) is 54.9 Å². The van der Waals surface area contributed by atoms with E-state index in [1.165, 1.54) is 18.3 Å². The Labute approximate surface area is 226 Å². The Bertz CT molecular complexity index is 1460. The second-order valence-electron chi connectivity index (χ2n) is 9.53. The summed E-state index contributed by atoms with van der Waals surface area (Å²) in [6.45, 7) is 5.00. The molecule has 2 atom stereocenters. The fourth-order valence-electron chi connectivity index (χ4n) is 4.53. The summed E-state index contributed by atoms with van der Waals surface area (Å²) in [7, 11) is -3.51. The van der Waals surface area contributed by atoms with Crippen molar-refractivity contribution < 1.29 is 22.0 Å². The monoisotopic (exact) mass is 559 g/mol. The van der Waals surface area contributed by atoms with Crippen LogP contribution in [0.1, 0.15) is 48.3 Å². The second kappa shape index (κ2) is 12.0. The van der Waals surface area contributed by atoms with Crippen molar-refractivity contribution in [2.75, 3.05) is 22.8 Å². The van der Waals surface area contributed by atoms with Gasteiger partial charge in [0.2, 0.25) is 16.0 Å². The summed E-state index contributed by atoms with van der Waals surface area (Å²) in [6, 6.07) is 6.61. The minimum absolute atomic E-state index is 0.0510. The van der Waals surface area contributed by atoms with Crippen LogP contribution in [-0.4, -0.2) is 59.1 Å². The Morgan fingerprint density at radius 1 is 1.15 bits per heavy atom. The van der Waals surface area contributed by atoms with E-state index in [1.54, 1.807) is 17.2 Å². The summed E-state index contributed by atoms with van der Waals surface area (Å²) in [5.74, 6) is -1.68. The highest BCUT2D eigenvalue weighted by atomic mass is 32.2. The maximum atomic E-state index is 13.6. The van der Waals surface area contributed by atoms with Crippen LogP contribution in [0.4, 0.5) is 26.2 Å². The van der Waals surface area contributed by atoms with Crippen molar-refractivity contribution >= 4 is 33.4 Å². The number of hydrogen-bond donors (Lipinski definition) is 3. The molecule has 3 aromatic rings. The number of amides is 1. The average molecular weight is 560 g/mol. The van der Waals surface area contributed by atoms with E-state index in [9.17, 15) is 22.0 Å². The van der Waals surface area contributed by atoms with Gasteiger partial charge in [0.15, 0.2) is 11.6 Å². The number of anilines is 3. The SMILES string of the molecule is CCc1cnc(Nc2ccc(F)c(F)c2)nc1CN[C@@H]1CCN(C(=O)c2ccnc(NS(C)(=O)=O)c2)[C@H](C)C1. The number of rotatable bonds is 9. The summed E-state index contributed by atoms with van der Waals surface area (Å²) in [5.41, 5.74) is 2.47. The van der Waals surface area contributed by atoms with Gasteiger partial charge in [-0.15, -0.1) is 0 Å². The van der Waals surface area contributed by atoms with Gasteiger partial charge in [0.1, 0.15) is 5.82 Å². The Morgan fingerprint density at radius 2 is 1.95 bits per heavy atom. The second-order valence-corrected chi connectivity index (χ2v) is 11.3. The topological polar surface area (TPSA) is 129 Å². The van der Waals surface area contributed by atoms with E-state index in [0.717, 1.165) is 48.9 Å². The van der Waals surface area contributed by atoms with Crippen LogP contribution in [0.2, 0.25) is 0 Å². The molecular weight excluding hydrogens is 528 g/mol. The predicted molar refractivity (Wildman–Crippen MR) is 144 cm³/mol. The molecule has 1 fully saturated rings. The largest absolute Gasteiger partial charge is 0.336 e. The molecule has 208 valence electrons. The fraction of sp³-hybridized carbons (Fsp3) is 0.385. The zero-order chi connectivity index (χ0) is 28.2. The van der Waals surface area contributed by atoms with Gasteiger partial charge >= 0.3 is 0 Å². The first-order valence-electron chi connectivity index (χ1n) is 12.6. The number of sulfonamides is 1. The molecule has 13 heteroatoms. The predicted octanol–water partition coefficient (Wildman–Crippen LogP) is 3.61. The smallest absolute Gasteiger partial charge is 0.254 e. The number of piperidine rings is 1. The average Bonchev–Trinajstić information content (AvgIpc) is 2.88. The van der Waals surface area contributed by atoms with Crippen LogP contribution >= 0.6 is 0 Å². The van der Waals surface area contributed by atoms with Crippen LogP contribution in [-0.2, 0) is 23.0 Å². The van der Waals surface area contributed by atoms with E-state index in [4.69, 9.17) is 0 Å². The molecule has 0 radical (unpaired) electrons. The lowest BCUT2D eigenvalue weighted by Gasteiger charge is -2.38. The molecule has 0 spiro atoms. The number of likely N-dealkylation sites (tertiary alicyclic amines) is 1. The molecule has 4 rings (SSSR count). The summed E-state index contributed by atoms with van der Waals surface area (Å²) in [4.78, 5) is 27.8. The number of halogens is 2. The maximum Gasteiger partial charge on any atom is 0.254 e. The molecule has 3 N–H and O–H groups in total. The summed E-state index contributed by atoms with van der Waals surface area (Å²) < 4.78 is 52.1. The third-order valence-electron chi connectivity index (χ3n) is 6.50. The number of benzene rings is 1. The van der Waals surface area contributed by atoms with E-state index in [0.29, 0.717) is 24.3 Å². The van der Waals surface area contributed by atoms with Crippen molar-refractivity contribution in [2.45, 2.75) is 51.7 Å². The zero-order valence-electron chi connectivity index (χ0n) is 21.9. The van der Waals surface area contributed by atoms with E-state index >= 15 is 0 Å². The normalized spacial score (nSPS) is 17.6. The number of nitrogens with one attached hydrogen (secondary N) is 3. The first-order chi connectivity index (χ1) is 18.5. The van der Waals surface area contributed by atoms with Crippen LogP contribution in [0.25, 0.3) is 0 Å². The van der Waals surface area contributed by atoms with Crippen molar-refractivity contribution in [1.82, 2.24) is 25.2 Å².